The molecule has 4 heteroatoms. The predicted molar refractivity (Wildman–Crippen MR) is 76.4 cm³/mol. The zero-order valence-electron chi connectivity index (χ0n) is 9.80. The van der Waals surface area contributed by atoms with Crippen molar-refractivity contribution in [2.24, 2.45) is 0 Å². The molecule has 0 aliphatic rings. The van der Waals surface area contributed by atoms with Crippen LogP contribution < -0.4 is 0 Å². The summed E-state index contributed by atoms with van der Waals surface area (Å²) in [4.78, 5) is 6.77. The fraction of sp³-hybridized carbons (Fsp3) is 0.583. The van der Waals surface area contributed by atoms with Gasteiger partial charge in [-0.2, -0.15) is 24.4 Å². The molecule has 0 saturated heterocycles. The number of thioether (sulfide) groups is 1. The molecule has 0 saturated carbocycles. The molecule has 1 rings (SSSR count). The second-order valence-electron chi connectivity index (χ2n) is 3.52. The molecule has 0 atom stereocenters. The highest BCUT2D eigenvalue weighted by molar-refractivity contribution is 7.99. The third-order valence-electron chi connectivity index (χ3n) is 2.28. The molecule has 1 aromatic rings. The van der Waals surface area contributed by atoms with E-state index in [9.17, 15) is 0 Å². The van der Waals surface area contributed by atoms with E-state index in [-0.39, 0.29) is 0 Å². The van der Waals surface area contributed by atoms with E-state index < -0.39 is 0 Å². The molecule has 0 aromatic carbocycles. The van der Waals surface area contributed by atoms with Crippen molar-refractivity contribution >= 4 is 24.4 Å². The lowest BCUT2D eigenvalue weighted by Gasteiger charge is -2.20. The van der Waals surface area contributed by atoms with Crippen LogP contribution in [0.15, 0.2) is 24.4 Å². The Morgan fingerprint density at radius 2 is 2.25 bits per heavy atom. The van der Waals surface area contributed by atoms with Gasteiger partial charge in [-0.3, -0.25) is 9.88 Å². The van der Waals surface area contributed by atoms with Crippen LogP contribution in [0.25, 0.3) is 0 Å². The van der Waals surface area contributed by atoms with Gasteiger partial charge in [-0.15, -0.1) is 0 Å². The number of aromatic nitrogens is 1. The lowest BCUT2D eigenvalue weighted by atomic mass is 10.3. The number of nitrogens with zero attached hydrogens (tertiary/aromatic N) is 2. The van der Waals surface area contributed by atoms with Crippen molar-refractivity contribution < 1.29 is 0 Å². The summed E-state index contributed by atoms with van der Waals surface area (Å²) in [5, 5.41) is 0. The van der Waals surface area contributed by atoms with Crippen molar-refractivity contribution in [3.8, 4) is 0 Å². The summed E-state index contributed by atoms with van der Waals surface area (Å²) in [6, 6.07) is 6.08. The lowest BCUT2D eigenvalue weighted by molar-refractivity contribution is 0.297. The van der Waals surface area contributed by atoms with E-state index in [1.165, 1.54) is 11.5 Å². The van der Waals surface area contributed by atoms with E-state index in [0.29, 0.717) is 0 Å². The first-order valence-electron chi connectivity index (χ1n) is 5.67. The van der Waals surface area contributed by atoms with Crippen molar-refractivity contribution in [1.82, 2.24) is 9.88 Å². The number of hydrogen-bond donors (Lipinski definition) is 1. The predicted octanol–water partition coefficient (Wildman–Crippen LogP) is 2.57. The summed E-state index contributed by atoms with van der Waals surface area (Å²) in [5.74, 6) is 3.29. The fourth-order valence-corrected chi connectivity index (χ4v) is 2.43. The van der Waals surface area contributed by atoms with Gasteiger partial charge in [0.05, 0.1) is 5.69 Å². The molecule has 2 nitrogen and oxygen atoms in total. The fourth-order valence-electron chi connectivity index (χ4n) is 1.47. The molecule has 0 fully saturated rings. The molecule has 0 amide bonds. The third-order valence-corrected chi connectivity index (χ3v) is 3.36. The van der Waals surface area contributed by atoms with E-state index >= 15 is 0 Å². The van der Waals surface area contributed by atoms with E-state index in [4.69, 9.17) is 0 Å². The van der Waals surface area contributed by atoms with E-state index in [1.54, 1.807) is 0 Å². The Bertz CT molecular complexity index is 267. The highest BCUT2D eigenvalue weighted by Crippen LogP contribution is 2.05. The Balaban J connectivity index is 2.38. The Hall–Kier alpha value is -0.190. The van der Waals surface area contributed by atoms with Crippen molar-refractivity contribution in [2.45, 2.75) is 13.5 Å². The number of rotatable bonds is 8. The topological polar surface area (TPSA) is 16.1 Å². The molecule has 0 aliphatic heterocycles. The molecular weight excluding hydrogens is 236 g/mol. The van der Waals surface area contributed by atoms with E-state index in [1.807, 2.05) is 30.1 Å². The minimum Gasteiger partial charge on any atom is -0.296 e. The smallest absolute Gasteiger partial charge is 0.0543 e. The van der Waals surface area contributed by atoms with Crippen LogP contribution >= 0.6 is 24.4 Å². The zero-order chi connectivity index (χ0) is 11.6. The van der Waals surface area contributed by atoms with Gasteiger partial charge in [0.25, 0.3) is 0 Å². The number of thiol groups is 1. The van der Waals surface area contributed by atoms with Gasteiger partial charge in [0.1, 0.15) is 0 Å². The van der Waals surface area contributed by atoms with Gasteiger partial charge < -0.3 is 0 Å². The van der Waals surface area contributed by atoms with Crippen LogP contribution in [0.1, 0.15) is 12.6 Å². The first kappa shape index (κ1) is 13.9. The van der Waals surface area contributed by atoms with Crippen LogP contribution in [0.2, 0.25) is 0 Å². The minimum absolute atomic E-state index is 0.906. The van der Waals surface area contributed by atoms with Crippen LogP contribution in [-0.2, 0) is 6.54 Å². The largest absolute Gasteiger partial charge is 0.296 e. The van der Waals surface area contributed by atoms with Gasteiger partial charge >= 0.3 is 0 Å². The average Bonchev–Trinajstić information content (AvgIpc) is 2.31. The van der Waals surface area contributed by atoms with Crippen molar-refractivity contribution in [3.05, 3.63) is 30.1 Å². The lowest BCUT2D eigenvalue weighted by Crippen LogP contribution is -2.28. The Kier molecular flexibility index (Phi) is 7.72. The van der Waals surface area contributed by atoms with E-state index in [0.717, 1.165) is 31.1 Å². The quantitative estimate of drug-likeness (QED) is 0.569. The van der Waals surface area contributed by atoms with Crippen LogP contribution in [0, 0.1) is 0 Å². The summed E-state index contributed by atoms with van der Waals surface area (Å²) in [6.07, 6.45) is 1.86. The average molecular weight is 256 g/mol. The molecule has 0 radical (unpaired) electrons. The van der Waals surface area contributed by atoms with E-state index in [2.05, 4.69) is 35.5 Å². The Labute approximate surface area is 108 Å². The normalized spacial score (nSPS) is 10.9. The molecule has 0 bridgehead atoms. The van der Waals surface area contributed by atoms with Crippen molar-refractivity contribution in [2.75, 3.05) is 30.3 Å². The molecule has 0 unspecified atom stereocenters. The standard InChI is InChI=1S/C12H20N2S2/c1-2-16-10-8-14(7-9-15)11-12-5-3-4-6-13-12/h3-6,15H,2,7-11H2,1H3. The molecule has 0 aliphatic carbocycles. The number of pyridine rings is 1. The summed E-state index contributed by atoms with van der Waals surface area (Å²) in [6.45, 7) is 5.29. The van der Waals surface area contributed by atoms with Gasteiger partial charge in [0, 0.05) is 37.3 Å². The van der Waals surface area contributed by atoms with Crippen LogP contribution in [-0.4, -0.2) is 40.2 Å². The molecule has 16 heavy (non-hydrogen) atoms. The second-order valence-corrected chi connectivity index (χ2v) is 5.36. The highest BCUT2D eigenvalue weighted by Gasteiger charge is 2.05. The minimum atomic E-state index is 0.906. The molecule has 1 heterocycles. The second kappa shape index (κ2) is 8.90. The van der Waals surface area contributed by atoms with Crippen molar-refractivity contribution in [3.63, 3.8) is 0 Å². The summed E-state index contributed by atoms with van der Waals surface area (Å²) < 4.78 is 0. The van der Waals surface area contributed by atoms with Crippen molar-refractivity contribution in [1.29, 1.82) is 0 Å². The van der Waals surface area contributed by atoms with Gasteiger partial charge in [0.2, 0.25) is 0 Å². The number of hydrogen-bond acceptors (Lipinski definition) is 4. The zero-order valence-corrected chi connectivity index (χ0v) is 11.5. The summed E-state index contributed by atoms with van der Waals surface area (Å²) in [5.41, 5.74) is 1.14. The molecular formula is C12H20N2S2. The summed E-state index contributed by atoms with van der Waals surface area (Å²) >= 11 is 6.29. The van der Waals surface area contributed by atoms with Gasteiger partial charge in [-0.1, -0.05) is 13.0 Å². The van der Waals surface area contributed by atoms with Gasteiger partial charge in [-0.05, 0) is 17.9 Å². The summed E-state index contributed by atoms with van der Waals surface area (Å²) in [7, 11) is 0. The first-order chi connectivity index (χ1) is 7.86. The van der Waals surface area contributed by atoms with Gasteiger partial charge in [-0.25, -0.2) is 0 Å². The monoisotopic (exact) mass is 256 g/mol. The van der Waals surface area contributed by atoms with Crippen LogP contribution in [0.5, 0.6) is 0 Å². The maximum Gasteiger partial charge on any atom is 0.0543 e. The van der Waals surface area contributed by atoms with Crippen LogP contribution in [0.4, 0.5) is 0 Å². The van der Waals surface area contributed by atoms with Crippen LogP contribution in [0.3, 0.4) is 0 Å². The first-order valence-corrected chi connectivity index (χ1v) is 7.46. The maximum absolute atomic E-state index is 4.36. The van der Waals surface area contributed by atoms with Gasteiger partial charge in [0.15, 0.2) is 0 Å². The highest BCUT2D eigenvalue weighted by atomic mass is 32.2. The molecule has 0 spiro atoms. The molecule has 90 valence electrons. The molecule has 1 aromatic heterocycles. The third kappa shape index (κ3) is 5.77. The SMILES string of the molecule is CCSCCN(CCS)Cc1ccccn1. The molecule has 0 N–H and O–H groups in total. The Morgan fingerprint density at radius 3 is 2.88 bits per heavy atom. The maximum atomic E-state index is 4.36. The Morgan fingerprint density at radius 1 is 1.38 bits per heavy atom.